The highest BCUT2D eigenvalue weighted by molar-refractivity contribution is 5.98. The highest BCUT2D eigenvalue weighted by Crippen LogP contribution is 2.20. The smallest absolute Gasteiger partial charge is 0.337 e. The lowest BCUT2D eigenvalue weighted by Gasteiger charge is -2.20. The van der Waals surface area contributed by atoms with Gasteiger partial charge >= 0.3 is 5.97 Å². The molecule has 2 atom stereocenters. The third-order valence-electron chi connectivity index (χ3n) is 7.99. The SMILES string of the molecule is COc1ccc(Cn2ccc(C)c(NC(=O)[C@H](Cc3ccc(C(O)C(=O)O)cc3)NC(=O)Cc3cccc4ccccc34)c2=O)cc1. The number of methoxy groups -OCH3 is 1. The van der Waals surface area contributed by atoms with Crippen molar-refractivity contribution < 1.29 is 29.3 Å². The van der Waals surface area contributed by atoms with E-state index >= 15 is 0 Å². The van der Waals surface area contributed by atoms with Gasteiger partial charge in [-0.2, -0.15) is 0 Å². The van der Waals surface area contributed by atoms with Crippen molar-refractivity contribution in [2.75, 3.05) is 12.4 Å². The van der Waals surface area contributed by atoms with Gasteiger partial charge in [0.25, 0.3) is 5.56 Å². The number of aliphatic carboxylic acids is 1. The topological polar surface area (TPSA) is 147 Å². The van der Waals surface area contributed by atoms with E-state index in [1.165, 1.54) is 16.7 Å². The lowest BCUT2D eigenvalue weighted by atomic mass is 10.00. The molecule has 0 fully saturated rings. The molecule has 5 rings (SSSR count). The molecule has 0 aliphatic rings. The highest BCUT2D eigenvalue weighted by Gasteiger charge is 2.24. The van der Waals surface area contributed by atoms with Gasteiger partial charge in [-0.15, -0.1) is 0 Å². The Hall–Kier alpha value is -5.74. The van der Waals surface area contributed by atoms with E-state index in [0.717, 1.165) is 21.9 Å². The normalized spacial score (nSPS) is 12.2. The van der Waals surface area contributed by atoms with E-state index in [-0.39, 0.29) is 36.5 Å². The van der Waals surface area contributed by atoms with Crippen LogP contribution >= 0.6 is 0 Å². The van der Waals surface area contributed by atoms with Gasteiger partial charge in [-0.3, -0.25) is 14.4 Å². The summed E-state index contributed by atoms with van der Waals surface area (Å²) in [7, 11) is 1.58. The monoisotopic (exact) mass is 633 g/mol. The first-order valence-corrected chi connectivity index (χ1v) is 15.0. The molecule has 47 heavy (non-hydrogen) atoms. The van der Waals surface area contributed by atoms with Gasteiger partial charge in [-0.25, -0.2) is 4.79 Å². The molecule has 0 saturated heterocycles. The van der Waals surface area contributed by atoms with Gasteiger partial charge in [-0.1, -0.05) is 78.9 Å². The average Bonchev–Trinajstić information content (AvgIpc) is 3.08. The molecular formula is C37H35N3O7. The fourth-order valence-corrected chi connectivity index (χ4v) is 5.37. The number of carbonyl (C=O) groups is 3. The summed E-state index contributed by atoms with van der Waals surface area (Å²) in [5.74, 6) is -1.67. The molecule has 1 aromatic heterocycles. The molecule has 1 heterocycles. The summed E-state index contributed by atoms with van der Waals surface area (Å²) in [5.41, 5.74) is 2.71. The molecule has 240 valence electrons. The van der Waals surface area contributed by atoms with Crippen LogP contribution in [0.2, 0.25) is 0 Å². The number of carbonyl (C=O) groups excluding carboxylic acids is 2. The summed E-state index contributed by atoms with van der Waals surface area (Å²) in [6.45, 7) is 1.99. The standard InChI is InChI=1S/C37H35N3O7/c1-23-18-19-40(22-25-12-16-29(47-2)17-13-25)36(44)33(23)39-35(43)31(20-24-10-14-27(15-11-24)34(42)37(45)46)38-32(41)21-28-8-5-7-26-6-3-4-9-30(26)28/h3-19,31,34,42H,20-22H2,1-2H3,(H,38,41)(H,39,43)(H,45,46)/t31-,34?/m0/s1. The quantitative estimate of drug-likeness (QED) is 0.159. The van der Waals surface area contributed by atoms with Crippen molar-refractivity contribution >= 4 is 34.2 Å². The first kappa shape index (κ1) is 32.6. The third kappa shape index (κ3) is 7.92. The van der Waals surface area contributed by atoms with Gasteiger partial charge in [-0.05, 0) is 63.7 Å². The molecule has 4 N–H and O–H groups in total. The van der Waals surface area contributed by atoms with Gasteiger partial charge in [0.1, 0.15) is 17.5 Å². The fourth-order valence-electron chi connectivity index (χ4n) is 5.37. The van der Waals surface area contributed by atoms with Crippen LogP contribution in [0, 0.1) is 6.92 Å². The molecule has 4 aromatic carbocycles. The van der Waals surface area contributed by atoms with Gasteiger partial charge in [0.2, 0.25) is 11.8 Å². The largest absolute Gasteiger partial charge is 0.497 e. The number of carboxylic acid groups (broad SMARTS) is 1. The number of aliphatic hydroxyl groups is 1. The molecule has 0 radical (unpaired) electrons. The number of aromatic nitrogens is 1. The van der Waals surface area contributed by atoms with Crippen molar-refractivity contribution in [1.82, 2.24) is 9.88 Å². The summed E-state index contributed by atoms with van der Waals surface area (Å²) in [4.78, 5) is 52.0. The molecule has 0 bridgehead atoms. The Labute approximate surface area is 271 Å². The molecule has 0 saturated carbocycles. The maximum absolute atomic E-state index is 13.8. The highest BCUT2D eigenvalue weighted by atomic mass is 16.5. The molecular weight excluding hydrogens is 598 g/mol. The Bertz CT molecular complexity index is 1960. The van der Waals surface area contributed by atoms with Crippen molar-refractivity contribution in [2.24, 2.45) is 0 Å². The van der Waals surface area contributed by atoms with Crippen molar-refractivity contribution in [1.29, 1.82) is 0 Å². The number of rotatable bonds is 12. The third-order valence-corrected chi connectivity index (χ3v) is 7.99. The fraction of sp³-hybridized carbons (Fsp3) is 0.189. The first-order valence-electron chi connectivity index (χ1n) is 15.0. The van der Waals surface area contributed by atoms with Crippen LogP contribution in [0.3, 0.4) is 0 Å². The summed E-state index contributed by atoms with van der Waals surface area (Å²) in [6.07, 6.45) is 0.0366. The van der Waals surface area contributed by atoms with Crippen LogP contribution in [0.1, 0.15) is 33.9 Å². The second kappa shape index (κ2) is 14.6. The second-order valence-electron chi connectivity index (χ2n) is 11.3. The molecule has 0 aliphatic carbocycles. The van der Waals surface area contributed by atoms with Crippen LogP contribution in [-0.2, 0) is 33.8 Å². The Balaban J connectivity index is 1.39. The lowest BCUT2D eigenvalue weighted by Crippen LogP contribution is -2.46. The zero-order valence-corrected chi connectivity index (χ0v) is 26.0. The van der Waals surface area contributed by atoms with E-state index in [1.807, 2.05) is 54.6 Å². The summed E-state index contributed by atoms with van der Waals surface area (Å²) >= 11 is 0. The number of fused-ring (bicyclic) bond motifs is 1. The van der Waals surface area contributed by atoms with Gasteiger partial charge < -0.3 is 30.2 Å². The number of pyridine rings is 1. The average molecular weight is 634 g/mol. The molecule has 5 aromatic rings. The molecule has 0 spiro atoms. The van der Waals surface area contributed by atoms with E-state index in [2.05, 4.69) is 10.6 Å². The van der Waals surface area contributed by atoms with Crippen LogP contribution in [0.15, 0.2) is 108 Å². The maximum Gasteiger partial charge on any atom is 0.337 e. The predicted molar refractivity (Wildman–Crippen MR) is 178 cm³/mol. The first-order chi connectivity index (χ1) is 22.6. The van der Waals surface area contributed by atoms with Crippen LogP contribution in [-0.4, -0.2) is 45.7 Å². The van der Waals surface area contributed by atoms with E-state index in [4.69, 9.17) is 9.84 Å². The Kier molecular flexibility index (Phi) is 10.1. The molecule has 10 nitrogen and oxygen atoms in total. The van der Waals surface area contributed by atoms with Crippen molar-refractivity contribution in [3.8, 4) is 5.75 Å². The number of amides is 2. The molecule has 10 heteroatoms. The Morgan fingerprint density at radius 3 is 2.26 bits per heavy atom. The number of benzene rings is 4. The minimum Gasteiger partial charge on any atom is -0.497 e. The zero-order valence-electron chi connectivity index (χ0n) is 26.0. The molecule has 0 aliphatic heterocycles. The summed E-state index contributed by atoms with van der Waals surface area (Å²) in [6, 6.07) is 27.5. The van der Waals surface area contributed by atoms with Crippen LogP contribution < -0.4 is 20.9 Å². The van der Waals surface area contributed by atoms with Crippen LogP contribution in [0.25, 0.3) is 10.8 Å². The van der Waals surface area contributed by atoms with E-state index in [1.54, 1.807) is 50.6 Å². The summed E-state index contributed by atoms with van der Waals surface area (Å²) < 4.78 is 6.70. The number of hydrogen-bond donors (Lipinski definition) is 4. The number of aliphatic hydroxyl groups excluding tert-OH is 1. The number of aryl methyl sites for hydroxylation is 1. The van der Waals surface area contributed by atoms with Crippen LogP contribution in [0.5, 0.6) is 5.75 Å². The Morgan fingerprint density at radius 2 is 1.55 bits per heavy atom. The second-order valence-corrected chi connectivity index (χ2v) is 11.3. The molecule has 2 amide bonds. The van der Waals surface area contributed by atoms with E-state index in [0.29, 0.717) is 16.9 Å². The lowest BCUT2D eigenvalue weighted by molar-refractivity contribution is -0.147. The number of ether oxygens (including phenoxy) is 1. The van der Waals surface area contributed by atoms with Crippen molar-refractivity contribution in [2.45, 2.75) is 38.5 Å². The zero-order chi connectivity index (χ0) is 33.5. The number of carboxylic acids is 1. The maximum atomic E-state index is 13.8. The van der Waals surface area contributed by atoms with Gasteiger partial charge in [0, 0.05) is 12.6 Å². The Morgan fingerprint density at radius 1 is 0.872 bits per heavy atom. The van der Waals surface area contributed by atoms with Crippen molar-refractivity contribution in [3.05, 3.63) is 141 Å². The number of anilines is 1. The predicted octanol–water partition coefficient (Wildman–Crippen LogP) is 4.39. The number of nitrogens with zero attached hydrogens (tertiary/aromatic N) is 1. The van der Waals surface area contributed by atoms with Gasteiger partial charge in [0.05, 0.1) is 20.1 Å². The minimum absolute atomic E-state index is 0.0217. The van der Waals surface area contributed by atoms with Crippen molar-refractivity contribution in [3.63, 3.8) is 0 Å². The van der Waals surface area contributed by atoms with E-state index < -0.39 is 29.6 Å². The van der Waals surface area contributed by atoms with Crippen LogP contribution in [0.4, 0.5) is 5.69 Å². The number of nitrogens with one attached hydrogen (secondary N) is 2. The number of hydrogen-bond acceptors (Lipinski definition) is 6. The summed E-state index contributed by atoms with van der Waals surface area (Å²) in [5, 5.41) is 26.5. The molecule has 1 unspecified atom stereocenters. The van der Waals surface area contributed by atoms with E-state index in [9.17, 15) is 24.3 Å². The minimum atomic E-state index is -1.69. The van der Waals surface area contributed by atoms with Gasteiger partial charge in [0.15, 0.2) is 6.10 Å².